The zero-order valence-electron chi connectivity index (χ0n) is 49.5. The second-order valence-corrected chi connectivity index (χ2v) is 22.9. The van der Waals surface area contributed by atoms with E-state index in [-0.39, 0.29) is 18.9 Å². The molecule has 1 amide bonds. The van der Waals surface area contributed by atoms with Crippen LogP contribution < -0.4 is 5.32 Å². The first kappa shape index (κ1) is 73.3. The van der Waals surface area contributed by atoms with Gasteiger partial charge in [-0.25, -0.2) is 0 Å². The minimum absolute atomic E-state index is 0.226. The number of nitrogens with one attached hydrogen (secondary N) is 1. The summed E-state index contributed by atoms with van der Waals surface area (Å²) in [5.74, 6) is -0.294. The highest BCUT2D eigenvalue weighted by atomic mass is 16.8. The quantitative estimate of drug-likeness (QED) is 0.0229. The van der Waals surface area contributed by atoms with E-state index in [1.54, 1.807) is 6.08 Å². The van der Waals surface area contributed by atoms with Crippen LogP contribution in [0.1, 0.15) is 219 Å². The Morgan fingerprint density at radius 2 is 0.790 bits per heavy atom. The van der Waals surface area contributed by atoms with Crippen LogP contribution in [0.2, 0.25) is 0 Å². The Morgan fingerprint density at radius 1 is 0.432 bits per heavy atom. The first-order chi connectivity index (χ1) is 39.3. The van der Waals surface area contributed by atoms with Crippen molar-refractivity contribution < 1.29 is 89.4 Å². The van der Waals surface area contributed by atoms with Gasteiger partial charge in [-0.15, -0.1) is 0 Å². The number of unbranched alkanes of at least 4 members (excludes halogenated alkanes) is 27. The fourth-order valence-electron chi connectivity index (χ4n) is 10.7. The van der Waals surface area contributed by atoms with Gasteiger partial charge in [-0.1, -0.05) is 192 Å². The van der Waals surface area contributed by atoms with E-state index in [0.717, 1.165) is 57.8 Å². The molecular weight excluding hydrogens is 1050 g/mol. The smallest absolute Gasteiger partial charge is 0.220 e. The van der Waals surface area contributed by atoms with Crippen LogP contribution in [0, 0.1) is 0 Å². The highest BCUT2D eigenvalue weighted by Gasteiger charge is 2.53. The Balaban J connectivity index is 1.50. The van der Waals surface area contributed by atoms with E-state index in [9.17, 15) is 61.0 Å². The number of hydrogen-bond donors (Lipinski definition) is 12. The van der Waals surface area contributed by atoms with E-state index in [4.69, 9.17) is 28.4 Å². The van der Waals surface area contributed by atoms with Crippen LogP contribution in [0.3, 0.4) is 0 Å². The number of allylic oxidation sites excluding steroid dienone is 5. The molecule has 0 saturated carbocycles. The number of aliphatic hydroxyl groups excluding tert-OH is 11. The molecule has 3 saturated heterocycles. The molecule has 0 aliphatic carbocycles. The first-order valence-corrected chi connectivity index (χ1v) is 31.7. The van der Waals surface area contributed by atoms with E-state index >= 15 is 0 Å². The van der Waals surface area contributed by atoms with E-state index in [1.807, 2.05) is 6.08 Å². The van der Waals surface area contributed by atoms with Crippen LogP contribution in [0.15, 0.2) is 36.5 Å². The second kappa shape index (κ2) is 45.3. The average molecular weight is 1160 g/mol. The van der Waals surface area contributed by atoms with Crippen molar-refractivity contribution in [1.82, 2.24) is 5.32 Å². The van der Waals surface area contributed by atoms with E-state index in [2.05, 4.69) is 43.5 Å². The van der Waals surface area contributed by atoms with Gasteiger partial charge in [0.25, 0.3) is 0 Å². The highest BCUT2D eigenvalue weighted by molar-refractivity contribution is 5.76. The molecule has 0 radical (unpaired) electrons. The molecule has 3 heterocycles. The maximum atomic E-state index is 13.3. The minimum atomic E-state index is -1.98. The molecule has 81 heavy (non-hydrogen) atoms. The summed E-state index contributed by atoms with van der Waals surface area (Å²) >= 11 is 0. The van der Waals surface area contributed by atoms with Gasteiger partial charge in [-0.05, 0) is 57.8 Å². The molecule has 0 aromatic rings. The number of carbonyl (C=O) groups excluding carboxylic acids is 1. The lowest BCUT2D eigenvalue weighted by Crippen LogP contribution is -2.66. The van der Waals surface area contributed by atoms with Gasteiger partial charge in [-0.3, -0.25) is 4.79 Å². The number of amides is 1. The van der Waals surface area contributed by atoms with Crippen molar-refractivity contribution in [3.8, 4) is 0 Å². The maximum Gasteiger partial charge on any atom is 0.220 e. The van der Waals surface area contributed by atoms with Crippen molar-refractivity contribution in [2.75, 3.05) is 26.4 Å². The summed E-state index contributed by atoms with van der Waals surface area (Å²) in [5, 5.41) is 120. The van der Waals surface area contributed by atoms with Crippen LogP contribution in [0.4, 0.5) is 0 Å². The number of aliphatic hydroxyl groups is 11. The molecule has 3 rings (SSSR count). The van der Waals surface area contributed by atoms with Crippen LogP contribution >= 0.6 is 0 Å². The molecule has 12 N–H and O–H groups in total. The molecular formula is C62H113NO18. The average Bonchev–Trinajstić information content (AvgIpc) is 3.47. The Bertz CT molecular complexity index is 1620. The molecule has 0 aromatic carbocycles. The van der Waals surface area contributed by atoms with Crippen molar-refractivity contribution in [3.63, 3.8) is 0 Å². The highest BCUT2D eigenvalue weighted by Crippen LogP contribution is 2.33. The van der Waals surface area contributed by atoms with Gasteiger partial charge >= 0.3 is 0 Å². The molecule has 0 spiro atoms. The predicted molar refractivity (Wildman–Crippen MR) is 309 cm³/mol. The molecule has 17 atom stereocenters. The summed E-state index contributed by atoms with van der Waals surface area (Å²) < 4.78 is 34.2. The zero-order chi connectivity index (χ0) is 59.0. The van der Waals surface area contributed by atoms with Gasteiger partial charge < -0.3 is 89.9 Å². The SMILES string of the molecule is CCCCCCCCC/C=C\CCCCCCCC(=O)NC(COC1OC(CO)C(OC2OC(CO)C(OC3OC(CO)C(O)C(O)C3O)C(O)C2O)C(O)C1O)C(O)/C=C/CC/C=C/CCCCCCCCCCCCCCCC. The summed E-state index contributed by atoms with van der Waals surface area (Å²) in [5.41, 5.74) is 0. The zero-order valence-corrected chi connectivity index (χ0v) is 49.5. The van der Waals surface area contributed by atoms with Gasteiger partial charge in [0, 0.05) is 6.42 Å². The van der Waals surface area contributed by atoms with Crippen molar-refractivity contribution in [2.45, 2.75) is 324 Å². The number of carbonyl (C=O) groups is 1. The number of ether oxygens (including phenoxy) is 6. The number of rotatable bonds is 47. The van der Waals surface area contributed by atoms with Crippen LogP contribution in [-0.2, 0) is 33.2 Å². The molecule has 17 unspecified atom stereocenters. The fourth-order valence-corrected chi connectivity index (χ4v) is 10.7. The molecule has 0 aromatic heterocycles. The van der Waals surface area contributed by atoms with Crippen molar-refractivity contribution >= 4 is 5.91 Å². The Labute approximate surface area is 485 Å². The van der Waals surface area contributed by atoms with E-state index < -0.39 is 124 Å². The van der Waals surface area contributed by atoms with Crippen molar-refractivity contribution in [2.24, 2.45) is 0 Å². The third kappa shape index (κ3) is 28.8. The molecule has 3 aliphatic rings. The van der Waals surface area contributed by atoms with Gasteiger partial charge in [-0.2, -0.15) is 0 Å². The Morgan fingerprint density at radius 3 is 1.23 bits per heavy atom. The summed E-state index contributed by atoms with van der Waals surface area (Å²) in [6.07, 6.45) is 22.7. The third-order valence-electron chi connectivity index (χ3n) is 15.9. The summed E-state index contributed by atoms with van der Waals surface area (Å²) in [6.45, 7) is 1.70. The molecule has 19 heteroatoms. The lowest BCUT2D eigenvalue weighted by Gasteiger charge is -2.48. The lowest BCUT2D eigenvalue weighted by atomic mass is 9.96. The third-order valence-corrected chi connectivity index (χ3v) is 15.9. The lowest BCUT2D eigenvalue weighted by molar-refractivity contribution is -0.379. The summed E-state index contributed by atoms with van der Waals surface area (Å²) in [7, 11) is 0. The van der Waals surface area contributed by atoms with Crippen LogP contribution in [0.25, 0.3) is 0 Å². The second-order valence-electron chi connectivity index (χ2n) is 22.9. The van der Waals surface area contributed by atoms with E-state index in [1.165, 1.54) is 128 Å². The van der Waals surface area contributed by atoms with Crippen molar-refractivity contribution in [1.29, 1.82) is 0 Å². The van der Waals surface area contributed by atoms with E-state index in [0.29, 0.717) is 12.8 Å². The maximum absolute atomic E-state index is 13.3. The molecule has 0 bridgehead atoms. The van der Waals surface area contributed by atoms with Gasteiger partial charge in [0.05, 0.1) is 38.6 Å². The predicted octanol–water partition coefficient (Wildman–Crippen LogP) is 6.49. The standard InChI is InChI=1S/C62H113NO18/c1-3-5-7-9-11-13-15-17-19-21-22-23-24-25-27-29-31-33-35-37-39-46(67)45(63-50(68)40-38-36-34-32-30-28-26-20-18-16-14-12-10-8-6-4-2)44-76-60-56(74)53(71)58(48(42-65)78-60)81-62-57(75)54(72)59(49(43-66)79-62)80-61-55(73)52(70)51(69)47(41-64)77-61/h20,26,29,31,37,39,45-49,51-62,64-67,69-75H,3-19,21-25,27-28,30,32-36,38,40-44H2,1-2H3,(H,63,68)/b26-20-,31-29+,39-37+. The van der Waals surface area contributed by atoms with Crippen molar-refractivity contribution in [3.05, 3.63) is 36.5 Å². The topological polar surface area (TPSA) is 307 Å². The Kier molecular flexibility index (Phi) is 41.0. The van der Waals surface area contributed by atoms with Gasteiger partial charge in [0.1, 0.15) is 73.2 Å². The summed E-state index contributed by atoms with van der Waals surface area (Å²) in [4.78, 5) is 13.3. The normalized spacial score (nSPS) is 30.0. The van der Waals surface area contributed by atoms with Gasteiger partial charge in [0.15, 0.2) is 18.9 Å². The Hall–Kier alpha value is -1.99. The largest absolute Gasteiger partial charge is 0.394 e. The number of hydrogen-bond acceptors (Lipinski definition) is 18. The molecule has 3 fully saturated rings. The fraction of sp³-hybridized carbons (Fsp3) is 0.887. The summed E-state index contributed by atoms with van der Waals surface area (Å²) in [6, 6.07) is -0.993. The molecule has 19 nitrogen and oxygen atoms in total. The molecule has 3 aliphatic heterocycles. The molecule has 474 valence electrons. The monoisotopic (exact) mass is 1160 g/mol. The van der Waals surface area contributed by atoms with Crippen LogP contribution in [0.5, 0.6) is 0 Å². The van der Waals surface area contributed by atoms with Crippen LogP contribution in [-0.4, -0.2) is 193 Å². The van der Waals surface area contributed by atoms with Gasteiger partial charge in [0.2, 0.25) is 5.91 Å². The minimum Gasteiger partial charge on any atom is -0.394 e. The first-order valence-electron chi connectivity index (χ1n) is 31.7.